The first-order chi connectivity index (χ1) is 16.0. The minimum Gasteiger partial charge on any atom is -0.480 e. The zero-order valence-electron chi connectivity index (χ0n) is 19.3. The van der Waals surface area contributed by atoms with Gasteiger partial charge in [-0.25, -0.2) is 9.78 Å². The Morgan fingerprint density at radius 3 is 2.12 bits per heavy atom. The minimum atomic E-state index is -0.993. The third-order valence-corrected chi connectivity index (χ3v) is 5.10. The summed E-state index contributed by atoms with van der Waals surface area (Å²) in [5.41, 5.74) is 3.63. The molecule has 0 spiro atoms. The molecular weight excluding hydrogens is 418 g/mol. The Morgan fingerprint density at radius 2 is 1.58 bits per heavy atom. The van der Waals surface area contributed by atoms with Crippen molar-refractivity contribution >= 4 is 11.8 Å². The third kappa shape index (κ3) is 6.60. The van der Waals surface area contributed by atoms with Gasteiger partial charge in [-0.3, -0.25) is 4.98 Å². The van der Waals surface area contributed by atoms with Gasteiger partial charge in [0.25, 0.3) is 0 Å². The highest BCUT2D eigenvalue weighted by Gasteiger charge is 2.24. The largest absolute Gasteiger partial charge is 0.480 e. The summed E-state index contributed by atoms with van der Waals surface area (Å²) < 4.78 is 11.2. The smallest absolute Gasteiger partial charge is 0.329 e. The number of hydrogen-bond donors (Lipinski definition) is 1. The van der Waals surface area contributed by atoms with Crippen molar-refractivity contribution in [1.29, 1.82) is 0 Å². The van der Waals surface area contributed by atoms with Gasteiger partial charge in [-0.1, -0.05) is 67.6 Å². The summed E-state index contributed by atoms with van der Waals surface area (Å²) in [5.74, 6) is -0.269. The molecule has 174 valence electrons. The van der Waals surface area contributed by atoms with E-state index in [0.717, 1.165) is 34.8 Å². The van der Waals surface area contributed by atoms with Crippen LogP contribution in [0.1, 0.15) is 27.2 Å². The van der Waals surface area contributed by atoms with Crippen molar-refractivity contribution in [3.05, 3.63) is 66.9 Å². The Balaban J connectivity index is 1.92. The summed E-state index contributed by atoms with van der Waals surface area (Å²) in [5, 5.41) is 8.71. The van der Waals surface area contributed by atoms with Crippen molar-refractivity contribution in [2.75, 3.05) is 24.7 Å². The number of anilines is 1. The molecule has 1 atom stereocenters. The molecule has 0 saturated heterocycles. The van der Waals surface area contributed by atoms with Crippen molar-refractivity contribution in [3.8, 4) is 22.5 Å². The molecule has 1 N–H and O–H groups in total. The van der Waals surface area contributed by atoms with Gasteiger partial charge >= 0.3 is 5.97 Å². The summed E-state index contributed by atoms with van der Waals surface area (Å²) in [6.07, 6.45) is 2.26. The molecule has 3 aromatic rings. The molecule has 1 heterocycles. The highest BCUT2D eigenvalue weighted by atomic mass is 16.5. The fraction of sp³-hybridized carbons (Fsp3) is 0.346. The molecule has 0 radical (unpaired) electrons. The standard InChI is InChI=1S/C26H31N3O4/c1-4-23(33-16-15-32-18-24(30)31)29(19(2)3)22-17-27-25(20-11-7-5-8-12-20)26(28-22)21-13-9-6-10-14-21/h5-14,17,19,23H,4,15-16,18H2,1-3H3,(H,30,31). The van der Waals surface area contributed by atoms with E-state index in [-0.39, 0.29) is 32.1 Å². The van der Waals surface area contributed by atoms with Crippen LogP contribution in [0.5, 0.6) is 0 Å². The number of carbonyl (C=O) groups is 1. The number of carboxylic acid groups (broad SMARTS) is 1. The van der Waals surface area contributed by atoms with E-state index >= 15 is 0 Å². The molecule has 0 aliphatic heterocycles. The van der Waals surface area contributed by atoms with Gasteiger partial charge in [0.2, 0.25) is 0 Å². The number of rotatable bonds is 12. The Labute approximate surface area is 195 Å². The first-order valence-corrected chi connectivity index (χ1v) is 11.2. The quantitative estimate of drug-likeness (QED) is 0.312. The molecule has 0 saturated carbocycles. The molecule has 0 aliphatic carbocycles. The van der Waals surface area contributed by atoms with E-state index in [1.165, 1.54) is 0 Å². The molecule has 0 aliphatic rings. The zero-order valence-corrected chi connectivity index (χ0v) is 19.3. The van der Waals surface area contributed by atoms with Gasteiger partial charge in [-0.2, -0.15) is 0 Å². The predicted molar refractivity (Wildman–Crippen MR) is 129 cm³/mol. The van der Waals surface area contributed by atoms with Gasteiger partial charge in [0.15, 0.2) is 0 Å². The van der Waals surface area contributed by atoms with Crippen LogP contribution in [0.25, 0.3) is 22.5 Å². The van der Waals surface area contributed by atoms with Crippen LogP contribution in [-0.4, -0.2) is 53.1 Å². The maximum atomic E-state index is 10.6. The van der Waals surface area contributed by atoms with Crippen LogP contribution in [0.4, 0.5) is 5.82 Å². The van der Waals surface area contributed by atoms with Crippen molar-refractivity contribution in [2.45, 2.75) is 39.5 Å². The summed E-state index contributed by atoms with van der Waals surface area (Å²) in [4.78, 5) is 22.6. The number of carboxylic acids is 1. The number of nitrogens with zero attached hydrogens (tertiary/aromatic N) is 3. The maximum absolute atomic E-state index is 10.6. The predicted octanol–water partition coefficient (Wildman–Crippen LogP) is 4.88. The van der Waals surface area contributed by atoms with E-state index in [4.69, 9.17) is 24.5 Å². The number of aromatic nitrogens is 2. The number of aliphatic carboxylic acids is 1. The highest BCUT2D eigenvalue weighted by molar-refractivity contribution is 5.78. The van der Waals surface area contributed by atoms with Crippen LogP contribution < -0.4 is 4.90 Å². The van der Waals surface area contributed by atoms with Crippen LogP contribution >= 0.6 is 0 Å². The van der Waals surface area contributed by atoms with E-state index in [2.05, 4.69) is 18.7 Å². The van der Waals surface area contributed by atoms with E-state index in [9.17, 15) is 4.79 Å². The Morgan fingerprint density at radius 1 is 0.970 bits per heavy atom. The van der Waals surface area contributed by atoms with E-state index in [0.29, 0.717) is 0 Å². The van der Waals surface area contributed by atoms with Gasteiger partial charge in [-0.15, -0.1) is 0 Å². The molecule has 1 aromatic heterocycles. The first-order valence-electron chi connectivity index (χ1n) is 11.2. The van der Waals surface area contributed by atoms with Crippen molar-refractivity contribution < 1.29 is 19.4 Å². The molecule has 0 fully saturated rings. The lowest BCUT2D eigenvalue weighted by Crippen LogP contribution is -2.43. The zero-order chi connectivity index (χ0) is 23.6. The minimum absolute atomic E-state index is 0.107. The van der Waals surface area contributed by atoms with Gasteiger partial charge in [0.05, 0.1) is 30.8 Å². The normalized spacial score (nSPS) is 12.0. The highest BCUT2D eigenvalue weighted by Crippen LogP contribution is 2.31. The number of hydrogen-bond acceptors (Lipinski definition) is 6. The molecule has 3 rings (SSSR count). The second-order valence-corrected chi connectivity index (χ2v) is 7.84. The fourth-order valence-corrected chi connectivity index (χ4v) is 3.65. The van der Waals surface area contributed by atoms with Crippen LogP contribution in [-0.2, 0) is 14.3 Å². The van der Waals surface area contributed by atoms with Crippen molar-refractivity contribution in [2.24, 2.45) is 0 Å². The Hall–Kier alpha value is -3.29. The van der Waals surface area contributed by atoms with Crippen LogP contribution in [0.3, 0.4) is 0 Å². The summed E-state index contributed by atoms with van der Waals surface area (Å²) in [6, 6.07) is 20.2. The monoisotopic (exact) mass is 449 g/mol. The lowest BCUT2D eigenvalue weighted by atomic mass is 10.0. The van der Waals surface area contributed by atoms with Crippen LogP contribution in [0, 0.1) is 0 Å². The van der Waals surface area contributed by atoms with E-state index < -0.39 is 5.97 Å². The Kier molecular flexibility index (Phi) is 8.92. The molecule has 33 heavy (non-hydrogen) atoms. The molecule has 1 unspecified atom stereocenters. The number of ether oxygens (including phenoxy) is 2. The molecule has 7 heteroatoms. The lowest BCUT2D eigenvalue weighted by molar-refractivity contribution is -0.142. The summed E-state index contributed by atoms with van der Waals surface area (Å²) >= 11 is 0. The topological polar surface area (TPSA) is 84.8 Å². The van der Waals surface area contributed by atoms with Gasteiger partial charge in [0.1, 0.15) is 18.7 Å². The van der Waals surface area contributed by atoms with Crippen molar-refractivity contribution in [1.82, 2.24) is 9.97 Å². The SMILES string of the molecule is CCC(OCCOCC(=O)O)N(c1cnc(-c2ccccc2)c(-c2ccccc2)n1)C(C)C. The number of benzene rings is 2. The Bertz CT molecular complexity index is 1010. The van der Waals surface area contributed by atoms with Crippen molar-refractivity contribution in [3.63, 3.8) is 0 Å². The second-order valence-electron chi connectivity index (χ2n) is 7.84. The fourth-order valence-electron chi connectivity index (χ4n) is 3.65. The summed E-state index contributed by atoms with van der Waals surface area (Å²) in [7, 11) is 0. The molecule has 0 amide bonds. The van der Waals surface area contributed by atoms with E-state index in [1.54, 1.807) is 6.20 Å². The lowest BCUT2D eigenvalue weighted by Gasteiger charge is -2.35. The van der Waals surface area contributed by atoms with Crippen LogP contribution in [0.15, 0.2) is 66.9 Å². The van der Waals surface area contributed by atoms with Gasteiger partial charge in [0, 0.05) is 17.2 Å². The molecule has 7 nitrogen and oxygen atoms in total. The first kappa shape index (κ1) is 24.4. The molecular formula is C26H31N3O4. The van der Waals surface area contributed by atoms with Gasteiger partial charge in [-0.05, 0) is 20.3 Å². The average Bonchev–Trinajstić information content (AvgIpc) is 2.83. The van der Waals surface area contributed by atoms with Gasteiger partial charge < -0.3 is 19.5 Å². The molecule has 2 aromatic carbocycles. The van der Waals surface area contributed by atoms with Crippen LogP contribution in [0.2, 0.25) is 0 Å². The third-order valence-electron chi connectivity index (χ3n) is 5.10. The average molecular weight is 450 g/mol. The maximum Gasteiger partial charge on any atom is 0.329 e. The second kappa shape index (κ2) is 12.1. The summed E-state index contributed by atoms with van der Waals surface area (Å²) in [6.45, 7) is 6.38. The molecule has 0 bridgehead atoms. The van der Waals surface area contributed by atoms with E-state index in [1.807, 2.05) is 67.6 Å².